The average molecular weight is 391 g/mol. The third kappa shape index (κ3) is 6.73. The smallest absolute Gasteiger partial charge is 0.253 e. The van der Waals surface area contributed by atoms with Gasteiger partial charge in [0, 0.05) is 16.3 Å². The summed E-state index contributed by atoms with van der Waals surface area (Å²) in [7, 11) is 0. The number of amides is 2. The first-order valence-corrected chi connectivity index (χ1v) is 9.81. The van der Waals surface area contributed by atoms with E-state index in [4.69, 9.17) is 11.6 Å². The quantitative estimate of drug-likeness (QED) is 0.748. The SMILES string of the molecule is CC(C)(C)NC(=O)c1ccccc1NC(=O)CSCc1cccc(Cl)c1. The Morgan fingerprint density at radius 3 is 2.50 bits per heavy atom. The van der Waals surface area contributed by atoms with Gasteiger partial charge >= 0.3 is 0 Å². The Hall–Kier alpha value is -1.98. The normalized spacial score (nSPS) is 11.1. The summed E-state index contributed by atoms with van der Waals surface area (Å²) in [5, 5.41) is 6.43. The summed E-state index contributed by atoms with van der Waals surface area (Å²) in [6, 6.07) is 14.6. The van der Waals surface area contributed by atoms with Crippen LogP contribution in [-0.2, 0) is 10.5 Å². The Morgan fingerprint density at radius 1 is 1.08 bits per heavy atom. The molecule has 138 valence electrons. The van der Waals surface area contributed by atoms with E-state index in [-0.39, 0.29) is 17.4 Å². The molecule has 0 radical (unpaired) electrons. The number of benzene rings is 2. The van der Waals surface area contributed by atoms with Crippen molar-refractivity contribution in [1.82, 2.24) is 5.32 Å². The maximum Gasteiger partial charge on any atom is 0.253 e. The Balaban J connectivity index is 1.93. The molecule has 0 fully saturated rings. The van der Waals surface area contributed by atoms with Crippen LogP contribution in [-0.4, -0.2) is 23.1 Å². The topological polar surface area (TPSA) is 58.2 Å². The zero-order valence-electron chi connectivity index (χ0n) is 15.1. The van der Waals surface area contributed by atoms with Crippen LogP contribution in [0.1, 0.15) is 36.7 Å². The summed E-state index contributed by atoms with van der Waals surface area (Å²) in [5.41, 5.74) is 1.69. The van der Waals surface area contributed by atoms with Gasteiger partial charge in [-0.1, -0.05) is 35.9 Å². The lowest BCUT2D eigenvalue weighted by atomic mass is 10.1. The van der Waals surface area contributed by atoms with E-state index in [0.717, 1.165) is 5.56 Å². The standard InChI is InChI=1S/C20H23ClN2O2S/c1-20(2,3)23-19(25)16-9-4-5-10-17(16)22-18(24)13-26-12-14-7-6-8-15(21)11-14/h4-11H,12-13H2,1-3H3,(H,22,24)(H,23,25). The third-order valence-corrected chi connectivity index (χ3v) is 4.56. The van der Waals surface area contributed by atoms with Crippen LogP contribution in [0.4, 0.5) is 5.69 Å². The van der Waals surface area contributed by atoms with Crippen molar-refractivity contribution < 1.29 is 9.59 Å². The number of nitrogens with one attached hydrogen (secondary N) is 2. The van der Waals surface area contributed by atoms with Crippen LogP contribution >= 0.6 is 23.4 Å². The van der Waals surface area contributed by atoms with Crippen LogP contribution in [0.2, 0.25) is 5.02 Å². The lowest BCUT2D eigenvalue weighted by molar-refractivity contribution is -0.113. The number of carbonyl (C=O) groups is 2. The minimum atomic E-state index is -0.346. The second-order valence-corrected chi connectivity index (χ2v) is 8.34. The third-order valence-electron chi connectivity index (χ3n) is 3.33. The van der Waals surface area contributed by atoms with E-state index in [1.54, 1.807) is 24.3 Å². The van der Waals surface area contributed by atoms with Crippen LogP contribution in [0.5, 0.6) is 0 Å². The summed E-state index contributed by atoms with van der Waals surface area (Å²) in [4.78, 5) is 24.7. The number of hydrogen-bond acceptors (Lipinski definition) is 3. The molecule has 2 aromatic rings. The van der Waals surface area contributed by atoms with Crippen LogP contribution < -0.4 is 10.6 Å². The second kappa shape index (κ2) is 9.10. The number of rotatable bonds is 6. The fourth-order valence-corrected chi connectivity index (χ4v) is 3.26. The number of para-hydroxylation sites is 1. The van der Waals surface area contributed by atoms with Crippen molar-refractivity contribution in [2.24, 2.45) is 0 Å². The number of hydrogen-bond donors (Lipinski definition) is 2. The molecule has 4 nitrogen and oxygen atoms in total. The fraction of sp³-hybridized carbons (Fsp3) is 0.300. The maximum absolute atomic E-state index is 12.4. The molecule has 26 heavy (non-hydrogen) atoms. The molecule has 6 heteroatoms. The average Bonchev–Trinajstić information content (AvgIpc) is 2.53. The molecule has 0 aliphatic rings. The highest BCUT2D eigenvalue weighted by Crippen LogP contribution is 2.19. The van der Waals surface area contributed by atoms with Gasteiger partial charge in [-0.2, -0.15) is 0 Å². The van der Waals surface area contributed by atoms with Gasteiger partial charge in [0.2, 0.25) is 5.91 Å². The fourth-order valence-electron chi connectivity index (χ4n) is 2.27. The molecule has 0 spiro atoms. The van der Waals surface area contributed by atoms with E-state index in [1.165, 1.54) is 11.8 Å². The van der Waals surface area contributed by atoms with Crippen molar-refractivity contribution in [3.05, 3.63) is 64.7 Å². The van der Waals surface area contributed by atoms with Crippen LogP contribution in [0, 0.1) is 0 Å². The monoisotopic (exact) mass is 390 g/mol. The first kappa shape index (κ1) is 20.3. The predicted octanol–water partition coefficient (Wildman–Crippen LogP) is 4.74. The van der Waals surface area contributed by atoms with Crippen molar-refractivity contribution in [3.63, 3.8) is 0 Å². The first-order valence-electron chi connectivity index (χ1n) is 8.28. The van der Waals surface area contributed by atoms with Gasteiger partial charge in [0.15, 0.2) is 0 Å². The van der Waals surface area contributed by atoms with Crippen molar-refractivity contribution in [2.75, 3.05) is 11.1 Å². The minimum Gasteiger partial charge on any atom is -0.347 e. The molecule has 0 heterocycles. The molecule has 0 saturated carbocycles. The molecule has 0 saturated heterocycles. The Kier molecular flexibility index (Phi) is 7.12. The minimum absolute atomic E-state index is 0.145. The van der Waals surface area contributed by atoms with E-state index in [1.807, 2.05) is 45.0 Å². The van der Waals surface area contributed by atoms with Gasteiger partial charge in [0.1, 0.15) is 0 Å². The Bertz CT molecular complexity index is 787. The van der Waals surface area contributed by atoms with Gasteiger partial charge < -0.3 is 10.6 Å². The largest absolute Gasteiger partial charge is 0.347 e. The van der Waals surface area contributed by atoms with E-state index >= 15 is 0 Å². The van der Waals surface area contributed by atoms with Crippen molar-refractivity contribution in [3.8, 4) is 0 Å². The number of thioether (sulfide) groups is 1. The lowest BCUT2D eigenvalue weighted by Gasteiger charge is -2.21. The van der Waals surface area contributed by atoms with Crippen molar-refractivity contribution in [2.45, 2.75) is 32.1 Å². The van der Waals surface area contributed by atoms with Gasteiger partial charge in [0.25, 0.3) is 5.91 Å². The van der Waals surface area contributed by atoms with E-state index < -0.39 is 0 Å². The van der Waals surface area contributed by atoms with Crippen LogP contribution in [0.25, 0.3) is 0 Å². The number of halogens is 1. The summed E-state index contributed by atoms with van der Waals surface area (Å²) in [5.74, 6) is 0.634. The van der Waals surface area contributed by atoms with Crippen molar-refractivity contribution in [1.29, 1.82) is 0 Å². The zero-order chi connectivity index (χ0) is 19.2. The molecule has 2 aromatic carbocycles. The Labute approximate surface area is 163 Å². The molecule has 2 N–H and O–H groups in total. The van der Waals surface area contributed by atoms with Crippen LogP contribution in [0.15, 0.2) is 48.5 Å². The van der Waals surface area contributed by atoms with Gasteiger partial charge in [-0.15, -0.1) is 11.8 Å². The van der Waals surface area contributed by atoms with Gasteiger partial charge in [0.05, 0.1) is 17.0 Å². The van der Waals surface area contributed by atoms with Crippen LogP contribution in [0.3, 0.4) is 0 Å². The molecule has 0 unspecified atom stereocenters. The molecule has 2 amide bonds. The van der Waals surface area contributed by atoms with Crippen molar-refractivity contribution >= 4 is 40.9 Å². The summed E-state index contributed by atoms with van der Waals surface area (Å²) < 4.78 is 0. The molecule has 0 bridgehead atoms. The molecule has 0 atom stereocenters. The zero-order valence-corrected chi connectivity index (χ0v) is 16.7. The molecule has 0 aliphatic carbocycles. The lowest BCUT2D eigenvalue weighted by Crippen LogP contribution is -2.40. The van der Waals surface area contributed by atoms with Gasteiger partial charge in [-0.05, 0) is 50.6 Å². The highest BCUT2D eigenvalue weighted by molar-refractivity contribution is 7.99. The molecular formula is C20H23ClN2O2S. The molecule has 0 aliphatic heterocycles. The summed E-state index contributed by atoms with van der Waals surface area (Å²) in [6.45, 7) is 5.75. The van der Waals surface area contributed by atoms with Gasteiger partial charge in [-0.25, -0.2) is 0 Å². The number of carbonyl (C=O) groups excluding carboxylic acids is 2. The highest BCUT2D eigenvalue weighted by Gasteiger charge is 2.18. The molecule has 2 rings (SSSR count). The maximum atomic E-state index is 12.4. The summed E-state index contributed by atoms with van der Waals surface area (Å²) >= 11 is 7.46. The molecule has 0 aromatic heterocycles. The second-order valence-electron chi connectivity index (χ2n) is 6.92. The predicted molar refractivity (Wildman–Crippen MR) is 110 cm³/mol. The van der Waals surface area contributed by atoms with E-state index in [2.05, 4.69) is 10.6 Å². The Morgan fingerprint density at radius 2 is 1.81 bits per heavy atom. The van der Waals surface area contributed by atoms with E-state index in [0.29, 0.717) is 27.8 Å². The number of anilines is 1. The van der Waals surface area contributed by atoms with E-state index in [9.17, 15) is 9.59 Å². The first-order chi connectivity index (χ1) is 12.2. The molecular weight excluding hydrogens is 368 g/mol. The highest BCUT2D eigenvalue weighted by atomic mass is 35.5. The summed E-state index contributed by atoms with van der Waals surface area (Å²) in [6.07, 6.45) is 0. The van der Waals surface area contributed by atoms with Gasteiger partial charge in [-0.3, -0.25) is 9.59 Å².